The van der Waals surface area contributed by atoms with Gasteiger partial charge in [-0.2, -0.15) is 0 Å². The van der Waals surface area contributed by atoms with Gasteiger partial charge >= 0.3 is 0 Å². The first-order valence-electron chi connectivity index (χ1n) is 5.81. The Morgan fingerprint density at radius 2 is 2.27 bits per heavy atom. The number of hydrogen-bond donors (Lipinski definition) is 3. The van der Waals surface area contributed by atoms with Crippen LogP contribution in [0, 0.1) is 5.92 Å². The lowest BCUT2D eigenvalue weighted by molar-refractivity contribution is -0.123. The first kappa shape index (κ1) is 12.5. The molecule has 2 unspecified atom stereocenters. The Hall–Kier alpha value is -0.610. The van der Waals surface area contributed by atoms with Crippen molar-refractivity contribution in [1.82, 2.24) is 16.0 Å². The molecular weight excluding hydrogens is 190 g/mol. The van der Waals surface area contributed by atoms with E-state index in [1.807, 2.05) is 0 Å². The molecule has 0 radical (unpaired) electrons. The average molecular weight is 213 g/mol. The molecule has 0 saturated carbocycles. The second-order valence-electron chi connectivity index (χ2n) is 4.65. The summed E-state index contributed by atoms with van der Waals surface area (Å²) in [6, 6.07) is 0.408. The van der Waals surface area contributed by atoms with Gasteiger partial charge in [-0.15, -0.1) is 0 Å². The molecule has 15 heavy (non-hydrogen) atoms. The number of amides is 1. The van der Waals surface area contributed by atoms with Gasteiger partial charge < -0.3 is 16.0 Å². The summed E-state index contributed by atoms with van der Waals surface area (Å²) in [6.45, 7) is 6.32. The molecule has 1 heterocycles. The van der Waals surface area contributed by atoms with Gasteiger partial charge in [0.15, 0.2) is 0 Å². The second kappa shape index (κ2) is 6.08. The minimum Gasteiger partial charge on any atom is -0.358 e. The molecule has 4 heteroatoms. The third-order valence-corrected chi connectivity index (χ3v) is 2.77. The van der Waals surface area contributed by atoms with Crippen molar-refractivity contribution in [2.24, 2.45) is 5.92 Å². The highest BCUT2D eigenvalue weighted by Crippen LogP contribution is 2.08. The zero-order chi connectivity index (χ0) is 11.3. The van der Waals surface area contributed by atoms with Crippen LogP contribution in [0.3, 0.4) is 0 Å². The van der Waals surface area contributed by atoms with Gasteiger partial charge in [0.1, 0.15) is 0 Å². The SMILES string of the molecule is CNC(=O)C(CC(C)C)NC1CCNC1. The van der Waals surface area contributed by atoms with Gasteiger partial charge in [-0.25, -0.2) is 0 Å². The zero-order valence-electron chi connectivity index (χ0n) is 9.97. The van der Waals surface area contributed by atoms with E-state index in [-0.39, 0.29) is 11.9 Å². The van der Waals surface area contributed by atoms with E-state index in [2.05, 4.69) is 29.8 Å². The Labute approximate surface area is 92.2 Å². The van der Waals surface area contributed by atoms with Crippen molar-refractivity contribution in [3.05, 3.63) is 0 Å². The van der Waals surface area contributed by atoms with E-state index in [4.69, 9.17) is 0 Å². The summed E-state index contributed by atoms with van der Waals surface area (Å²) in [5, 5.41) is 9.44. The first-order chi connectivity index (χ1) is 7.13. The van der Waals surface area contributed by atoms with Gasteiger partial charge in [-0.1, -0.05) is 13.8 Å². The van der Waals surface area contributed by atoms with Crippen LogP contribution in [0.25, 0.3) is 0 Å². The van der Waals surface area contributed by atoms with E-state index in [1.165, 1.54) is 0 Å². The highest BCUT2D eigenvalue weighted by molar-refractivity contribution is 5.81. The second-order valence-corrected chi connectivity index (χ2v) is 4.65. The van der Waals surface area contributed by atoms with Gasteiger partial charge in [0.2, 0.25) is 5.91 Å². The maximum absolute atomic E-state index is 11.6. The largest absolute Gasteiger partial charge is 0.358 e. The fourth-order valence-electron chi connectivity index (χ4n) is 1.98. The fraction of sp³-hybridized carbons (Fsp3) is 0.909. The summed E-state index contributed by atoms with van der Waals surface area (Å²) in [6.07, 6.45) is 2.02. The Balaban J connectivity index is 2.43. The third-order valence-electron chi connectivity index (χ3n) is 2.77. The van der Waals surface area contributed by atoms with Crippen molar-refractivity contribution in [2.45, 2.75) is 38.8 Å². The quantitative estimate of drug-likeness (QED) is 0.607. The molecular formula is C11H23N3O. The summed E-state index contributed by atoms with van der Waals surface area (Å²) in [5.74, 6) is 0.643. The summed E-state index contributed by atoms with van der Waals surface area (Å²) in [4.78, 5) is 11.6. The molecule has 0 bridgehead atoms. The fourth-order valence-corrected chi connectivity index (χ4v) is 1.98. The number of carbonyl (C=O) groups is 1. The third kappa shape index (κ3) is 4.18. The Kier molecular flexibility index (Phi) is 5.05. The van der Waals surface area contributed by atoms with Gasteiger partial charge in [0.05, 0.1) is 6.04 Å². The highest BCUT2D eigenvalue weighted by Gasteiger charge is 2.23. The van der Waals surface area contributed by atoms with E-state index in [9.17, 15) is 4.79 Å². The molecule has 1 aliphatic heterocycles. The molecule has 0 aromatic rings. The monoisotopic (exact) mass is 213 g/mol. The van der Waals surface area contributed by atoms with Crippen molar-refractivity contribution in [3.63, 3.8) is 0 Å². The van der Waals surface area contributed by atoms with Gasteiger partial charge in [-0.05, 0) is 25.3 Å². The highest BCUT2D eigenvalue weighted by atomic mass is 16.2. The number of likely N-dealkylation sites (N-methyl/N-ethyl adjacent to an activating group) is 1. The first-order valence-corrected chi connectivity index (χ1v) is 5.81. The van der Waals surface area contributed by atoms with Crippen molar-refractivity contribution < 1.29 is 4.79 Å². The lowest BCUT2D eigenvalue weighted by Crippen LogP contribution is -2.48. The standard InChI is InChI=1S/C11H23N3O/c1-8(2)6-10(11(15)12-3)14-9-4-5-13-7-9/h8-10,13-14H,4-7H2,1-3H3,(H,12,15). The van der Waals surface area contributed by atoms with Crippen LogP contribution >= 0.6 is 0 Å². The lowest BCUT2D eigenvalue weighted by atomic mass is 10.0. The smallest absolute Gasteiger partial charge is 0.236 e. The zero-order valence-corrected chi connectivity index (χ0v) is 9.97. The van der Waals surface area contributed by atoms with E-state index in [0.717, 1.165) is 25.9 Å². The Morgan fingerprint density at radius 3 is 2.73 bits per heavy atom. The number of rotatable bonds is 5. The molecule has 1 rings (SSSR count). The molecule has 0 aliphatic carbocycles. The van der Waals surface area contributed by atoms with Crippen LogP contribution in [0.1, 0.15) is 26.7 Å². The molecule has 88 valence electrons. The van der Waals surface area contributed by atoms with Gasteiger partial charge in [0, 0.05) is 19.6 Å². The molecule has 0 aromatic heterocycles. The molecule has 1 amide bonds. The molecule has 0 spiro atoms. The molecule has 1 fully saturated rings. The van der Waals surface area contributed by atoms with Crippen LogP contribution in [-0.4, -0.2) is 38.1 Å². The normalized spacial score (nSPS) is 23.1. The van der Waals surface area contributed by atoms with E-state index >= 15 is 0 Å². The van der Waals surface area contributed by atoms with Crippen LogP contribution in [0.15, 0.2) is 0 Å². The van der Waals surface area contributed by atoms with Crippen LogP contribution in [0.4, 0.5) is 0 Å². The van der Waals surface area contributed by atoms with Crippen molar-refractivity contribution in [3.8, 4) is 0 Å². The van der Waals surface area contributed by atoms with Gasteiger partial charge in [0.25, 0.3) is 0 Å². The predicted molar refractivity (Wildman–Crippen MR) is 61.7 cm³/mol. The lowest BCUT2D eigenvalue weighted by Gasteiger charge is -2.22. The summed E-state index contributed by atoms with van der Waals surface area (Å²) >= 11 is 0. The van der Waals surface area contributed by atoms with Crippen molar-refractivity contribution >= 4 is 5.91 Å². The molecule has 4 nitrogen and oxygen atoms in total. The van der Waals surface area contributed by atoms with Crippen molar-refractivity contribution in [1.29, 1.82) is 0 Å². The summed E-state index contributed by atoms with van der Waals surface area (Å²) in [7, 11) is 1.70. The number of carbonyl (C=O) groups excluding carboxylic acids is 1. The predicted octanol–water partition coefficient (Wildman–Crippen LogP) is 0.0986. The maximum atomic E-state index is 11.6. The molecule has 2 atom stereocenters. The van der Waals surface area contributed by atoms with Crippen LogP contribution in [0.5, 0.6) is 0 Å². The topological polar surface area (TPSA) is 53.2 Å². The molecule has 0 aromatic carbocycles. The van der Waals surface area contributed by atoms with Crippen LogP contribution in [0.2, 0.25) is 0 Å². The van der Waals surface area contributed by atoms with Crippen LogP contribution in [-0.2, 0) is 4.79 Å². The molecule has 1 aliphatic rings. The number of hydrogen-bond acceptors (Lipinski definition) is 3. The van der Waals surface area contributed by atoms with Crippen LogP contribution < -0.4 is 16.0 Å². The van der Waals surface area contributed by atoms with E-state index in [1.54, 1.807) is 7.05 Å². The molecule has 1 saturated heterocycles. The van der Waals surface area contributed by atoms with Crippen molar-refractivity contribution in [2.75, 3.05) is 20.1 Å². The van der Waals surface area contributed by atoms with Gasteiger partial charge in [-0.3, -0.25) is 4.79 Å². The minimum absolute atomic E-state index is 0.0418. The number of nitrogens with one attached hydrogen (secondary N) is 3. The minimum atomic E-state index is -0.0418. The average Bonchev–Trinajstić information content (AvgIpc) is 2.67. The van der Waals surface area contributed by atoms with E-state index < -0.39 is 0 Å². The molecule has 3 N–H and O–H groups in total. The summed E-state index contributed by atoms with van der Waals surface area (Å²) in [5.41, 5.74) is 0. The maximum Gasteiger partial charge on any atom is 0.236 e. The van der Waals surface area contributed by atoms with E-state index in [0.29, 0.717) is 12.0 Å². The summed E-state index contributed by atoms with van der Waals surface area (Å²) < 4.78 is 0. The Morgan fingerprint density at radius 1 is 1.53 bits per heavy atom. The Bertz CT molecular complexity index is 200.